The van der Waals surface area contributed by atoms with E-state index >= 15 is 0 Å². The van der Waals surface area contributed by atoms with E-state index in [0.717, 1.165) is 51.8 Å². The number of hydrogen-bond donors (Lipinski definition) is 3. The number of fused-ring (bicyclic) bond motifs is 1. The molecule has 4 aromatic rings. The van der Waals surface area contributed by atoms with Gasteiger partial charge in [-0.3, -0.25) is 14.9 Å². The molecule has 0 unspecified atom stereocenters. The summed E-state index contributed by atoms with van der Waals surface area (Å²) in [5, 5.41) is 14.9. The number of benzene rings is 2. The zero-order valence-corrected chi connectivity index (χ0v) is 20.4. The van der Waals surface area contributed by atoms with Gasteiger partial charge < -0.3 is 15.4 Å². The quantitative estimate of drug-likeness (QED) is 0.396. The van der Waals surface area contributed by atoms with E-state index in [4.69, 9.17) is 4.74 Å². The molecule has 2 aromatic carbocycles. The number of pyridine rings is 1. The van der Waals surface area contributed by atoms with Gasteiger partial charge in [-0.25, -0.2) is 0 Å². The van der Waals surface area contributed by atoms with Crippen molar-refractivity contribution in [1.29, 1.82) is 0 Å². The second kappa shape index (κ2) is 9.50. The van der Waals surface area contributed by atoms with Crippen LogP contribution in [0, 0.1) is 13.8 Å². The first-order valence-corrected chi connectivity index (χ1v) is 12.1. The molecule has 1 aliphatic carbocycles. The number of ether oxygens (including phenoxy) is 1. The Morgan fingerprint density at radius 1 is 1.09 bits per heavy atom. The number of carbonyl (C=O) groups excluding carboxylic acids is 1. The lowest BCUT2D eigenvalue weighted by Gasteiger charge is -2.21. The van der Waals surface area contributed by atoms with Crippen molar-refractivity contribution in [3.8, 4) is 17.0 Å². The third kappa shape index (κ3) is 4.77. The predicted octanol–water partition coefficient (Wildman–Crippen LogP) is 4.65. The van der Waals surface area contributed by atoms with Crippen LogP contribution in [0.25, 0.3) is 22.2 Å². The average Bonchev–Trinajstić information content (AvgIpc) is 3.47. The number of rotatable bonds is 5. The normalized spacial score (nSPS) is 15.5. The van der Waals surface area contributed by atoms with Gasteiger partial charge in [-0.15, -0.1) is 0 Å². The number of H-pyrrole nitrogens is 1. The molecule has 0 radical (unpaired) electrons. The van der Waals surface area contributed by atoms with E-state index in [2.05, 4.69) is 44.0 Å². The topological polar surface area (TPSA) is 91.9 Å². The van der Waals surface area contributed by atoms with Gasteiger partial charge in [0.2, 0.25) is 0 Å². The highest BCUT2D eigenvalue weighted by Crippen LogP contribution is 2.49. The van der Waals surface area contributed by atoms with Gasteiger partial charge in [0.05, 0.1) is 23.9 Å². The number of methoxy groups -OCH3 is 1. The number of nitrogens with one attached hydrogen (secondary N) is 3. The standard InChI is InChI=1S/C25H24N4O2.C3H7N/c1-15-6-7-18(31-3)14-20(15)24(30)27-25(8-9-25)21-12-17(22-11-16(2)28-29-22)13-23-19(21)5-4-10-26-23;1-2-4-3-1/h4-7,10-14H,8-9H2,1-3H3,(H,27,30)(H,28,29);4H,1-3H2. The van der Waals surface area contributed by atoms with Crippen LogP contribution >= 0.6 is 0 Å². The molecule has 1 saturated carbocycles. The minimum atomic E-state index is -0.407. The van der Waals surface area contributed by atoms with Crippen molar-refractivity contribution < 1.29 is 9.53 Å². The van der Waals surface area contributed by atoms with Gasteiger partial charge in [0.25, 0.3) is 5.91 Å². The largest absolute Gasteiger partial charge is 0.497 e. The summed E-state index contributed by atoms with van der Waals surface area (Å²) in [5.74, 6) is 0.582. The first kappa shape index (κ1) is 23.1. The van der Waals surface area contributed by atoms with E-state index in [0.29, 0.717) is 11.3 Å². The molecule has 0 spiro atoms. The maximum absolute atomic E-state index is 13.3. The summed E-state index contributed by atoms with van der Waals surface area (Å²) in [4.78, 5) is 17.8. The Hall–Kier alpha value is -3.71. The first-order valence-electron chi connectivity index (χ1n) is 12.1. The average molecular weight is 470 g/mol. The van der Waals surface area contributed by atoms with Crippen LogP contribution < -0.4 is 15.4 Å². The Kier molecular flexibility index (Phi) is 6.26. The van der Waals surface area contributed by atoms with Crippen LogP contribution in [0.3, 0.4) is 0 Å². The van der Waals surface area contributed by atoms with Gasteiger partial charge in [-0.2, -0.15) is 5.10 Å². The summed E-state index contributed by atoms with van der Waals surface area (Å²) in [7, 11) is 1.61. The van der Waals surface area contributed by atoms with Gasteiger partial charge >= 0.3 is 0 Å². The summed E-state index contributed by atoms with van der Waals surface area (Å²) < 4.78 is 5.32. The van der Waals surface area contributed by atoms with Crippen LogP contribution in [0.4, 0.5) is 0 Å². The Balaban J connectivity index is 0.000000577. The molecule has 180 valence electrons. The Bertz CT molecular complexity index is 1370. The lowest BCUT2D eigenvalue weighted by Crippen LogP contribution is -2.35. The summed E-state index contributed by atoms with van der Waals surface area (Å²) in [6, 6.07) is 15.8. The lowest BCUT2D eigenvalue weighted by molar-refractivity contribution is 0.0930. The van der Waals surface area contributed by atoms with Crippen molar-refractivity contribution in [3.63, 3.8) is 0 Å². The van der Waals surface area contributed by atoms with E-state index in [1.54, 1.807) is 19.4 Å². The fourth-order valence-corrected chi connectivity index (χ4v) is 4.31. The van der Waals surface area contributed by atoms with Crippen molar-refractivity contribution in [3.05, 3.63) is 77.1 Å². The molecule has 1 saturated heterocycles. The zero-order chi connectivity index (χ0) is 24.4. The molecule has 2 aliphatic rings. The van der Waals surface area contributed by atoms with Crippen molar-refractivity contribution in [2.45, 2.75) is 38.6 Å². The van der Waals surface area contributed by atoms with Gasteiger partial charge in [0.1, 0.15) is 5.75 Å². The highest BCUT2D eigenvalue weighted by Gasteiger charge is 2.47. The molecule has 7 nitrogen and oxygen atoms in total. The number of hydrogen-bond acceptors (Lipinski definition) is 5. The molecule has 1 amide bonds. The van der Waals surface area contributed by atoms with Gasteiger partial charge in [-0.1, -0.05) is 12.1 Å². The van der Waals surface area contributed by atoms with Gasteiger partial charge in [0.15, 0.2) is 0 Å². The molecule has 6 rings (SSSR count). The monoisotopic (exact) mass is 469 g/mol. The second-order valence-electron chi connectivity index (χ2n) is 9.35. The number of carbonyl (C=O) groups is 1. The molecule has 3 N–H and O–H groups in total. The summed E-state index contributed by atoms with van der Waals surface area (Å²) in [5.41, 5.74) is 5.99. The van der Waals surface area contributed by atoms with E-state index in [9.17, 15) is 4.79 Å². The number of aromatic nitrogens is 3. The fourth-order valence-electron chi connectivity index (χ4n) is 4.31. The molecule has 35 heavy (non-hydrogen) atoms. The number of nitrogens with zero attached hydrogens (tertiary/aromatic N) is 2. The molecule has 0 bridgehead atoms. The Labute approximate surface area is 205 Å². The highest BCUT2D eigenvalue weighted by molar-refractivity contribution is 5.98. The first-order chi connectivity index (χ1) is 17.0. The third-order valence-corrected chi connectivity index (χ3v) is 6.74. The second-order valence-corrected chi connectivity index (χ2v) is 9.35. The number of amides is 1. The summed E-state index contributed by atoms with van der Waals surface area (Å²) in [6.07, 6.45) is 4.95. The van der Waals surface area contributed by atoms with Gasteiger partial charge in [-0.05, 0) is 93.7 Å². The maximum atomic E-state index is 13.3. The number of aromatic amines is 1. The van der Waals surface area contributed by atoms with E-state index in [1.807, 2.05) is 38.1 Å². The van der Waals surface area contributed by atoms with Crippen LogP contribution in [-0.2, 0) is 5.54 Å². The van der Waals surface area contributed by atoms with Gasteiger partial charge in [0, 0.05) is 28.4 Å². The molecule has 2 fully saturated rings. The Morgan fingerprint density at radius 3 is 2.49 bits per heavy atom. The molecule has 1 aliphatic heterocycles. The zero-order valence-electron chi connectivity index (χ0n) is 20.4. The third-order valence-electron chi connectivity index (χ3n) is 6.74. The molecule has 7 heteroatoms. The van der Waals surface area contributed by atoms with Crippen LogP contribution in [-0.4, -0.2) is 41.3 Å². The minimum absolute atomic E-state index is 0.0908. The van der Waals surface area contributed by atoms with Crippen LogP contribution in [0.15, 0.2) is 54.7 Å². The smallest absolute Gasteiger partial charge is 0.252 e. The molecule has 3 heterocycles. The van der Waals surface area contributed by atoms with Crippen molar-refractivity contribution >= 4 is 16.8 Å². The molecule has 0 atom stereocenters. The van der Waals surface area contributed by atoms with E-state index < -0.39 is 5.54 Å². The lowest BCUT2D eigenvalue weighted by atomic mass is 9.94. The fraction of sp³-hybridized carbons (Fsp3) is 0.321. The van der Waals surface area contributed by atoms with E-state index in [-0.39, 0.29) is 5.91 Å². The highest BCUT2D eigenvalue weighted by atomic mass is 16.5. The number of aryl methyl sites for hydroxylation is 2. The molecular formula is C28H31N5O2. The SMILES string of the molecule is C1CNC1.COc1ccc(C)c(C(=O)NC2(c3cc(-c4cc(C)[nH]n4)cc4ncccc34)CC2)c1. The Morgan fingerprint density at radius 2 is 1.86 bits per heavy atom. The van der Waals surface area contributed by atoms with Crippen molar-refractivity contribution in [1.82, 2.24) is 25.8 Å². The molecular weight excluding hydrogens is 438 g/mol. The summed E-state index contributed by atoms with van der Waals surface area (Å²) in [6.45, 7) is 6.42. The summed E-state index contributed by atoms with van der Waals surface area (Å²) >= 11 is 0. The maximum Gasteiger partial charge on any atom is 0.252 e. The van der Waals surface area contributed by atoms with Crippen LogP contribution in [0.1, 0.15) is 46.4 Å². The van der Waals surface area contributed by atoms with Crippen LogP contribution in [0.2, 0.25) is 0 Å². The predicted molar refractivity (Wildman–Crippen MR) is 138 cm³/mol. The van der Waals surface area contributed by atoms with Crippen LogP contribution in [0.5, 0.6) is 5.75 Å². The van der Waals surface area contributed by atoms with Crippen molar-refractivity contribution in [2.75, 3.05) is 20.2 Å². The minimum Gasteiger partial charge on any atom is -0.497 e. The molecule has 2 aromatic heterocycles. The van der Waals surface area contributed by atoms with Crippen molar-refractivity contribution in [2.24, 2.45) is 0 Å². The van der Waals surface area contributed by atoms with E-state index in [1.165, 1.54) is 19.5 Å².